The Balaban J connectivity index is 1.96. The minimum atomic E-state index is -4.43. The number of fused-ring (bicyclic) bond motifs is 1. The van der Waals surface area contributed by atoms with Gasteiger partial charge in [-0.25, -0.2) is 4.79 Å². The molecule has 31 heavy (non-hydrogen) atoms. The highest BCUT2D eigenvalue weighted by Gasteiger charge is 2.32. The number of halogens is 3. The van der Waals surface area contributed by atoms with E-state index in [9.17, 15) is 18.0 Å². The van der Waals surface area contributed by atoms with Gasteiger partial charge in [-0.3, -0.25) is 0 Å². The van der Waals surface area contributed by atoms with Gasteiger partial charge >= 0.3 is 12.3 Å². The van der Waals surface area contributed by atoms with Crippen molar-refractivity contribution in [3.8, 4) is 17.2 Å². The Bertz CT molecular complexity index is 915. The van der Waals surface area contributed by atoms with Crippen LogP contribution in [0.15, 0.2) is 36.4 Å². The standard InChI is InChI=1S/C22H24F3NO5/c1-4-30-21(27)26-10-9-14-11-18(28-2)19(29-3)12-17(14)20(13-26)31-16-7-5-15(6-8-16)22(23,24)25/h5-8,11-12,20H,4,9-10,13H2,1-3H3. The number of methoxy groups -OCH3 is 2. The fraction of sp³-hybridized carbons (Fsp3) is 0.409. The van der Waals surface area contributed by atoms with Gasteiger partial charge in [0.25, 0.3) is 0 Å². The van der Waals surface area contributed by atoms with Gasteiger partial charge in [-0.1, -0.05) is 0 Å². The van der Waals surface area contributed by atoms with Crippen LogP contribution in [0.2, 0.25) is 0 Å². The highest BCUT2D eigenvalue weighted by Crippen LogP contribution is 2.38. The summed E-state index contributed by atoms with van der Waals surface area (Å²) in [6, 6.07) is 8.06. The number of amides is 1. The molecule has 2 aromatic carbocycles. The Morgan fingerprint density at radius 1 is 1.10 bits per heavy atom. The molecule has 0 bridgehead atoms. The largest absolute Gasteiger partial charge is 0.493 e. The van der Waals surface area contributed by atoms with E-state index in [1.54, 1.807) is 13.0 Å². The predicted octanol–water partition coefficient (Wildman–Crippen LogP) is 4.86. The maximum Gasteiger partial charge on any atom is 0.416 e. The first-order chi connectivity index (χ1) is 14.8. The van der Waals surface area contributed by atoms with Crippen LogP contribution in [0.25, 0.3) is 0 Å². The maximum absolute atomic E-state index is 12.9. The molecule has 1 aliphatic heterocycles. The van der Waals surface area contributed by atoms with Crippen LogP contribution in [-0.2, 0) is 17.3 Å². The van der Waals surface area contributed by atoms with Gasteiger partial charge in [0.1, 0.15) is 11.9 Å². The van der Waals surface area contributed by atoms with Gasteiger partial charge < -0.3 is 23.8 Å². The molecule has 1 amide bonds. The summed E-state index contributed by atoms with van der Waals surface area (Å²) in [6.45, 7) is 2.52. The summed E-state index contributed by atoms with van der Waals surface area (Å²) in [4.78, 5) is 13.9. The lowest BCUT2D eigenvalue weighted by atomic mass is 10.00. The van der Waals surface area contributed by atoms with Crippen LogP contribution in [0.3, 0.4) is 0 Å². The summed E-state index contributed by atoms with van der Waals surface area (Å²) in [6.07, 6.45) is -5.02. The molecular formula is C22H24F3NO5. The summed E-state index contributed by atoms with van der Waals surface area (Å²) < 4.78 is 60.6. The molecule has 0 fully saturated rings. The van der Waals surface area contributed by atoms with Gasteiger partial charge in [0.15, 0.2) is 11.5 Å². The van der Waals surface area contributed by atoms with E-state index in [2.05, 4.69) is 0 Å². The predicted molar refractivity (Wildman–Crippen MR) is 107 cm³/mol. The molecule has 0 saturated heterocycles. The number of rotatable bonds is 5. The van der Waals surface area contributed by atoms with Crippen molar-refractivity contribution >= 4 is 6.09 Å². The number of hydrogen-bond acceptors (Lipinski definition) is 5. The molecule has 0 spiro atoms. The number of hydrogen-bond donors (Lipinski definition) is 0. The van der Waals surface area contributed by atoms with Gasteiger partial charge in [0.05, 0.1) is 32.9 Å². The topological polar surface area (TPSA) is 57.2 Å². The monoisotopic (exact) mass is 439 g/mol. The molecule has 1 atom stereocenters. The second kappa shape index (κ2) is 9.36. The molecule has 0 N–H and O–H groups in total. The van der Waals surface area contributed by atoms with Crippen molar-refractivity contribution in [3.63, 3.8) is 0 Å². The third kappa shape index (κ3) is 5.15. The molecule has 3 rings (SSSR count). The number of benzene rings is 2. The van der Waals surface area contributed by atoms with Gasteiger partial charge in [0.2, 0.25) is 0 Å². The first kappa shape index (κ1) is 22.6. The van der Waals surface area contributed by atoms with Crippen molar-refractivity contribution in [2.75, 3.05) is 33.9 Å². The van der Waals surface area contributed by atoms with Crippen LogP contribution in [0.4, 0.5) is 18.0 Å². The fourth-order valence-corrected chi connectivity index (χ4v) is 3.47. The van der Waals surface area contributed by atoms with E-state index in [0.717, 1.165) is 23.3 Å². The molecule has 9 heteroatoms. The number of alkyl halides is 3. The molecule has 1 heterocycles. The minimum Gasteiger partial charge on any atom is -0.493 e. The first-order valence-corrected chi connectivity index (χ1v) is 9.77. The van der Waals surface area contributed by atoms with Crippen molar-refractivity contribution in [1.29, 1.82) is 0 Å². The van der Waals surface area contributed by atoms with E-state index >= 15 is 0 Å². The smallest absolute Gasteiger partial charge is 0.416 e. The Kier molecular flexibility index (Phi) is 6.82. The van der Waals surface area contributed by atoms with Crippen LogP contribution in [-0.4, -0.2) is 44.9 Å². The molecule has 6 nitrogen and oxygen atoms in total. The van der Waals surface area contributed by atoms with Crippen LogP contribution in [0.1, 0.15) is 29.7 Å². The van der Waals surface area contributed by atoms with Crippen molar-refractivity contribution in [1.82, 2.24) is 4.90 Å². The molecule has 1 unspecified atom stereocenters. The molecule has 168 valence electrons. The van der Waals surface area contributed by atoms with Gasteiger partial charge in [-0.15, -0.1) is 0 Å². The lowest BCUT2D eigenvalue weighted by Crippen LogP contribution is -2.36. The fourth-order valence-electron chi connectivity index (χ4n) is 3.47. The lowest BCUT2D eigenvalue weighted by Gasteiger charge is -2.25. The van der Waals surface area contributed by atoms with Crippen molar-refractivity contribution < 1.29 is 36.9 Å². The van der Waals surface area contributed by atoms with Crippen molar-refractivity contribution in [3.05, 3.63) is 53.1 Å². The molecule has 0 radical (unpaired) electrons. The molecule has 2 aromatic rings. The van der Waals surface area contributed by atoms with Crippen molar-refractivity contribution in [2.45, 2.75) is 25.6 Å². The van der Waals surface area contributed by atoms with Gasteiger partial charge in [-0.2, -0.15) is 13.2 Å². The van der Waals surface area contributed by atoms with Crippen LogP contribution in [0.5, 0.6) is 17.2 Å². The first-order valence-electron chi connectivity index (χ1n) is 9.77. The average Bonchev–Trinajstić information content (AvgIpc) is 2.92. The zero-order valence-corrected chi connectivity index (χ0v) is 17.5. The zero-order valence-electron chi connectivity index (χ0n) is 17.5. The summed E-state index contributed by atoms with van der Waals surface area (Å²) in [5, 5.41) is 0. The Hall–Kier alpha value is -3.10. The van der Waals surface area contributed by atoms with E-state index < -0.39 is 23.9 Å². The number of carbonyl (C=O) groups is 1. The Labute approximate surface area is 178 Å². The number of carbonyl (C=O) groups excluding carboxylic acids is 1. The Morgan fingerprint density at radius 3 is 2.32 bits per heavy atom. The van der Waals surface area contributed by atoms with Crippen LogP contribution in [0, 0.1) is 0 Å². The molecule has 0 saturated carbocycles. The Morgan fingerprint density at radius 2 is 1.74 bits per heavy atom. The number of nitrogens with zero attached hydrogens (tertiary/aromatic N) is 1. The van der Waals surface area contributed by atoms with E-state index in [1.807, 2.05) is 6.07 Å². The molecule has 0 aromatic heterocycles. The SMILES string of the molecule is CCOC(=O)N1CCc2cc(OC)c(OC)cc2C(Oc2ccc(C(F)(F)F)cc2)C1. The minimum absolute atomic E-state index is 0.169. The number of ether oxygens (including phenoxy) is 4. The van der Waals surface area contributed by atoms with E-state index in [1.165, 1.54) is 31.3 Å². The lowest BCUT2D eigenvalue weighted by molar-refractivity contribution is -0.137. The summed E-state index contributed by atoms with van der Waals surface area (Å²) in [5.41, 5.74) is 0.895. The zero-order chi connectivity index (χ0) is 22.6. The van der Waals surface area contributed by atoms with Crippen molar-refractivity contribution in [2.24, 2.45) is 0 Å². The second-order valence-corrected chi connectivity index (χ2v) is 6.93. The van der Waals surface area contributed by atoms with E-state index in [-0.39, 0.29) is 18.9 Å². The van der Waals surface area contributed by atoms with E-state index in [4.69, 9.17) is 18.9 Å². The molecule has 1 aliphatic rings. The second-order valence-electron chi connectivity index (χ2n) is 6.93. The summed E-state index contributed by atoms with van der Waals surface area (Å²) in [7, 11) is 3.04. The highest BCUT2D eigenvalue weighted by molar-refractivity contribution is 5.68. The average molecular weight is 439 g/mol. The quantitative estimate of drug-likeness (QED) is 0.666. The van der Waals surface area contributed by atoms with Gasteiger partial charge in [-0.05, 0) is 55.3 Å². The normalized spacial score (nSPS) is 16.2. The summed E-state index contributed by atoms with van der Waals surface area (Å²) in [5.74, 6) is 1.29. The maximum atomic E-state index is 12.9. The molecule has 0 aliphatic carbocycles. The van der Waals surface area contributed by atoms with E-state index in [0.29, 0.717) is 24.5 Å². The molecular weight excluding hydrogens is 415 g/mol. The summed E-state index contributed by atoms with van der Waals surface area (Å²) >= 11 is 0. The third-order valence-electron chi connectivity index (χ3n) is 5.02. The third-order valence-corrected chi connectivity index (χ3v) is 5.02. The van der Waals surface area contributed by atoms with Crippen LogP contribution >= 0.6 is 0 Å². The van der Waals surface area contributed by atoms with Crippen LogP contribution < -0.4 is 14.2 Å². The highest BCUT2D eigenvalue weighted by atomic mass is 19.4. The van der Waals surface area contributed by atoms with Gasteiger partial charge in [0, 0.05) is 12.1 Å².